The van der Waals surface area contributed by atoms with Gasteiger partial charge >= 0.3 is 5.97 Å². The Morgan fingerprint density at radius 1 is 1.53 bits per heavy atom. The molecule has 0 bridgehead atoms. The monoisotopic (exact) mass is 229 g/mol. The van der Waals surface area contributed by atoms with Crippen molar-refractivity contribution >= 4 is 29.4 Å². The van der Waals surface area contributed by atoms with Crippen LogP contribution in [0.25, 0.3) is 0 Å². The summed E-state index contributed by atoms with van der Waals surface area (Å²) in [5, 5.41) is 10.8. The average Bonchev–Trinajstić information content (AvgIpc) is 1.98. The summed E-state index contributed by atoms with van der Waals surface area (Å²) in [6, 6.07) is 1.52. The molecule has 0 unspecified atom stereocenters. The van der Waals surface area contributed by atoms with E-state index >= 15 is 0 Å². The van der Waals surface area contributed by atoms with Gasteiger partial charge in [-0.15, -0.1) is 0 Å². The van der Waals surface area contributed by atoms with Crippen molar-refractivity contribution in [3.05, 3.63) is 16.9 Å². The molecule has 1 aromatic rings. The largest absolute Gasteiger partial charge is 0.481 e. The molecular formula is C8H8ClN3O3. The molecule has 0 radical (unpaired) electrons. The first kappa shape index (κ1) is 11.4. The molecule has 15 heavy (non-hydrogen) atoms. The molecule has 1 amide bonds. The highest BCUT2D eigenvalue weighted by molar-refractivity contribution is 6.29. The first-order valence-corrected chi connectivity index (χ1v) is 4.38. The fraction of sp³-hybridized carbons (Fsp3) is 0.250. The first-order valence-electron chi connectivity index (χ1n) is 4.00. The van der Waals surface area contributed by atoms with Crippen molar-refractivity contribution in [3.8, 4) is 0 Å². The van der Waals surface area contributed by atoms with Gasteiger partial charge in [0.15, 0.2) is 0 Å². The molecule has 0 spiro atoms. The fourth-order valence-corrected chi connectivity index (χ4v) is 1.13. The molecular weight excluding hydrogens is 222 g/mol. The maximum atomic E-state index is 11.0. The molecule has 0 saturated heterocycles. The van der Waals surface area contributed by atoms with Crippen LogP contribution in [0.15, 0.2) is 6.07 Å². The summed E-state index contributed by atoms with van der Waals surface area (Å²) in [4.78, 5) is 28.8. The summed E-state index contributed by atoms with van der Waals surface area (Å²) in [5.41, 5.74) is 0.584. The number of carbonyl (C=O) groups excluding carboxylic acids is 1. The van der Waals surface area contributed by atoms with Gasteiger partial charge in [-0.05, 0) is 13.0 Å². The summed E-state index contributed by atoms with van der Waals surface area (Å²) in [7, 11) is 0. The number of rotatable bonds is 3. The lowest BCUT2D eigenvalue weighted by atomic mass is 10.4. The van der Waals surface area contributed by atoms with Crippen LogP contribution in [0.2, 0.25) is 5.15 Å². The molecule has 0 aliphatic heterocycles. The minimum atomic E-state index is -1.22. The maximum Gasteiger partial charge on any atom is 0.312 e. The summed E-state index contributed by atoms with van der Waals surface area (Å²) in [5.74, 6) is -1.90. The van der Waals surface area contributed by atoms with Crippen LogP contribution in [0.4, 0.5) is 5.95 Å². The minimum absolute atomic E-state index is 0.00579. The van der Waals surface area contributed by atoms with Gasteiger partial charge in [0.05, 0.1) is 0 Å². The van der Waals surface area contributed by atoms with E-state index in [9.17, 15) is 9.59 Å². The minimum Gasteiger partial charge on any atom is -0.481 e. The molecule has 0 atom stereocenters. The topological polar surface area (TPSA) is 92.2 Å². The van der Waals surface area contributed by atoms with E-state index in [0.29, 0.717) is 5.69 Å². The number of nitrogens with zero attached hydrogens (tertiary/aromatic N) is 2. The molecule has 0 fully saturated rings. The van der Waals surface area contributed by atoms with Crippen molar-refractivity contribution in [2.24, 2.45) is 0 Å². The Morgan fingerprint density at radius 3 is 2.73 bits per heavy atom. The zero-order valence-corrected chi connectivity index (χ0v) is 8.58. The Hall–Kier alpha value is -1.69. The highest BCUT2D eigenvalue weighted by Gasteiger charge is 2.09. The normalized spacial score (nSPS) is 9.73. The second kappa shape index (κ2) is 4.70. The molecule has 2 N–H and O–H groups in total. The maximum absolute atomic E-state index is 11.0. The van der Waals surface area contributed by atoms with Gasteiger partial charge in [0.1, 0.15) is 11.6 Å². The number of hydrogen-bond acceptors (Lipinski definition) is 4. The van der Waals surface area contributed by atoms with E-state index in [1.54, 1.807) is 6.92 Å². The van der Waals surface area contributed by atoms with Gasteiger partial charge in [0.25, 0.3) is 0 Å². The number of carboxylic acids is 1. The van der Waals surface area contributed by atoms with Crippen molar-refractivity contribution < 1.29 is 14.7 Å². The molecule has 1 rings (SSSR count). The van der Waals surface area contributed by atoms with Crippen molar-refractivity contribution in [3.63, 3.8) is 0 Å². The van der Waals surface area contributed by atoms with Gasteiger partial charge in [0, 0.05) is 5.69 Å². The zero-order chi connectivity index (χ0) is 11.4. The number of hydrogen-bond donors (Lipinski definition) is 2. The third-order valence-corrected chi connectivity index (χ3v) is 1.58. The van der Waals surface area contributed by atoms with E-state index in [1.807, 2.05) is 0 Å². The van der Waals surface area contributed by atoms with Gasteiger partial charge in [-0.25, -0.2) is 9.97 Å². The molecule has 80 valence electrons. The molecule has 0 aliphatic carbocycles. The molecule has 1 aromatic heterocycles. The summed E-state index contributed by atoms with van der Waals surface area (Å²) in [6.07, 6.45) is -0.630. The van der Waals surface area contributed by atoms with E-state index in [-0.39, 0.29) is 11.1 Å². The number of carbonyl (C=O) groups is 2. The van der Waals surface area contributed by atoms with Crippen molar-refractivity contribution in [1.82, 2.24) is 9.97 Å². The smallest absolute Gasteiger partial charge is 0.312 e. The standard InChI is InChI=1S/C8H8ClN3O3/c1-4-2-5(9)11-8(10-4)12-6(13)3-7(14)15/h2H,3H2,1H3,(H,14,15)(H,10,11,12,13). The number of amides is 1. The lowest BCUT2D eigenvalue weighted by Gasteiger charge is -2.02. The number of aryl methyl sites for hydroxylation is 1. The molecule has 0 aliphatic rings. The third-order valence-electron chi connectivity index (χ3n) is 1.39. The Balaban J connectivity index is 2.72. The summed E-state index contributed by atoms with van der Waals surface area (Å²) >= 11 is 5.62. The van der Waals surface area contributed by atoms with Crippen LogP contribution in [0.3, 0.4) is 0 Å². The molecule has 1 heterocycles. The second-order valence-electron chi connectivity index (χ2n) is 2.77. The number of carboxylic acid groups (broad SMARTS) is 1. The Bertz CT molecular complexity index is 388. The van der Waals surface area contributed by atoms with Crippen LogP contribution in [-0.4, -0.2) is 27.0 Å². The van der Waals surface area contributed by atoms with Gasteiger partial charge in [-0.3, -0.25) is 14.9 Å². The Morgan fingerprint density at radius 2 is 2.20 bits per heavy atom. The number of halogens is 1. The molecule has 0 saturated carbocycles. The van der Waals surface area contributed by atoms with Gasteiger partial charge < -0.3 is 5.11 Å². The first-order chi connectivity index (χ1) is 6.97. The summed E-state index contributed by atoms with van der Waals surface area (Å²) in [6.45, 7) is 1.68. The van der Waals surface area contributed by atoms with Crippen LogP contribution in [-0.2, 0) is 9.59 Å². The van der Waals surface area contributed by atoms with Crippen LogP contribution in [0.1, 0.15) is 12.1 Å². The van der Waals surface area contributed by atoms with Crippen molar-refractivity contribution in [1.29, 1.82) is 0 Å². The number of anilines is 1. The Kier molecular flexibility index (Phi) is 3.56. The van der Waals surface area contributed by atoms with Crippen LogP contribution < -0.4 is 5.32 Å². The lowest BCUT2D eigenvalue weighted by Crippen LogP contribution is -2.17. The fourth-order valence-electron chi connectivity index (χ4n) is 0.892. The predicted molar refractivity (Wildman–Crippen MR) is 52.7 cm³/mol. The van der Waals surface area contributed by atoms with Crippen LogP contribution in [0.5, 0.6) is 0 Å². The summed E-state index contributed by atoms with van der Waals surface area (Å²) < 4.78 is 0. The van der Waals surface area contributed by atoms with E-state index in [0.717, 1.165) is 0 Å². The quantitative estimate of drug-likeness (QED) is 0.592. The van der Waals surface area contributed by atoms with Gasteiger partial charge in [0.2, 0.25) is 11.9 Å². The molecule has 6 nitrogen and oxygen atoms in total. The van der Waals surface area contributed by atoms with Gasteiger partial charge in [-0.1, -0.05) is 11.6 Å². The number of nitrogens with one attached hydrogen (secondary N) is 1. The lowest BCUT2D eigenvalue weighted by molar-refractivity contribution is -0.139. The van der Waals surface area contributed by atoms with Crippen LogP contribution in [0, 0.1) is 6.92 Å². The molecule has 7 heteroatoms. The van der Waals surface area contributed by atoms with Gasteiger partial charge in [-0.2, -0.15) is 0 Å². The number of aliphatic carboxylic acids is 1. The average molecular weight is 230 g/mol. The van der Waals surface area contributed by atoms with E-state index < -0.39 is 18.3 Å². The van der Waals surface area contributed by atoms with E-state index in [2.05, 4.69) is 15.3 Å². The highest BCUT2D eigenvalue weighted by Crippen LogP contribution is 2.09. The third kappa shape index (κ3) is 3.90. The Labute approximate surface area is 90.3 Å². The van der Waals surface area contributed by atoms with Crippen LogP contribution >= 0.6 is 11.6 Å². The zero-order valence-electron chi connectivity index (χ0n) is 7.82. The second-order valence-corrected chi connectivity index (χ2v) is 3.16. The highest BCUT2D eigenvalue weighted by atomic mass is 35.5. The predicted octanol–water partition coefficient (Wildman–Crippen LogP) is 0.852. The number of aromatic nitrogens is 2. The van der Waals surface area contributed by atoms with Crippen molar-refractivity contribution in [2.75, 3.05) is 5.32 Å². The van der Waals surface area contributed by atoms with Crippen molar-refractivity contribution in [2.45, 2.75) is 13.3 Å². The van der Waals surface area contributed by atoms with E-state index in [1.165, 1.54) is 6.07 Å². The SMILES string of the molecule is Cc1cc(Cl)nc(NC(=O)CC(=O)O)n1. The molecule has 0 aromatic carbocycles. The van der Waals surface area contributed by atoms with E-state index in [4.69, 9.17) is 16.7 Å².